The summed E-state index contributed by atoms with van der Waals surface area (Å²) in [4.78, 5) is 14.0. The second-order valence-corrected chi connectivity index (χ2v) is 4.56. The Kier molecular flexibility index (Phi) is 4.40. The molecule has 1 heterocycles. The maximum atomic E-state index is 12.3. The van der Waals surface area contributed by atoms with Crippen LogP contribution in [0.3, 0.4) is 0 Å². The number of hydrogen-bond donors (Lipinski definition) is 0. The minimum Gasteiger partial charge on any atom is -0.497 e. The summed E-state index contributed by atoms with van der Waals surface area (Å²) >= 11 is 0. The first-order chi connectivity index (χ1) is 9.63. The molecule has 5 heteroatoms. The quantitative estimate of drug-likeness (QED) is 0.839. The van der Waals surface area contributed by atoms with E-state index in [0.717, 1.165) is 12.2 Å². The van der Waals surface area contributed by atoms with Gasteiger partial charge in [-0.2, -0.15) is 5.10 Å². The van der Waals surface area contributed by atoms with E-state index >= 15 is 0 Å². The van der Waals surface area contributed by atoms with Crippen LogP contribution in [-0.4, -0.2) is 34.7 Å². The lowest BCUT2D eigenvalue weighted by Crippen LogP contribution is -2.26. The second kappa shape index (κ2) is 6.23. The molecule has 0 saturated carbocycles. The number of ether oxygens (including phenoxy) is 1. The summed E-state index contributed by atoms with van der Waals surface area (Å²) in [5.74, 6) is 0.634. The van der Waals surface area contributed by atoms with Crippen LogP contribution < -0.4 is 4.74 Å². The molecule has 1 aromatic heterocycles. The molecule has 5 nitrogen and oxygen atoms in total. The molecule has 2 aromatic rings. The zero-order chi connectivity index (χ0) is 14.5. The van der Waals surface area contributed by atoms with Crippen LogP contribution in [0.4, 0.5) is 0 Å². The number of carbonyl (C=O) groups is 1. The minimum absolute atomic E-state index is 0.0463. The first-order valence-electron chi connectivity index (χ1n) is 6.56. The van der Waals surface area contributed by atoms with Crippen LogP contribution in [0.1, 0.15) is 23.0 Å². The number of benzene rings is 1. The predicted octanol–water partition coefficient (Wildman–Crippen LogP) is 2.18. The lowest BCUT2D eigenvalue weighted by atomic mass is 10.2. The molecule has 0 N–H and O–H groups in total. The third-order valence-electron chi connectivity index (χ3n) is 3.08. The van der Waals surface area contributed by atoms with Crippen molar-refractivity contribution in [3.63, 3.8) is 0 Å². The molecule has 0 bridgehead atoms. The third-order valence-corrected chi connectivity index (χ3v) is 3.08. The predicted molar refractivity (Wildman–Crippen MR) is 76.7 cm³/mol. The third kappa shape index (κ3) is 3.17. The maximum absolute atomic E-state index is 12.3. The normalized spacial score (nSPS) is 10.3. The zero-order valence-electron chi connectivity index (χ0n) is 12.0. The summed E-state index contributed by atoms with van der Waals surface area (Å²) in [5, 5.41) is 4.38. The van der Waals surface area contributed by atoms with Gasteiger partial charge in [-0.1, -0.05) is 6.07 Å². The number of amides is 1. The fourth-order valence-corrected chi connectivity index (χ4v) is 1.96. The highest BCUT2D eigenvalue weighted by atomic mass is 16.5. The van der Waals surface area contributed by atoms with Crippen LogP contribution in [0.25, 0.3) is 0 Å². The van der Waals surface area contributed by atoms with Crippen molar-refractivity contribution in [3.8, 4) is 5.75 Å². The largest absolute Gasteiger partial charge is 0.497 e. The highest BCUT2D eigenvalue weighted by Crippen LogP contribution is 2.14. The van der Waals surface area contributed by atoms with Crippen molar-refractivity contribution in [2.75, 3.05) is 14.2 Å². The van der Waals surface area contributed by atoms with Crippen molar-refractivity contribution in [3.05, 3.63) is 47.8 Å². The van der Waals surface area contributed by atoms with Crippen molar-refractivity contribution in [2.24, 2.45) is 0 Å². The van der Waals surface area contributed by atoms with Crippen LogP contribution >= 0.6 is 0 Å². The van der Waals surface area contributed by atoms with Gasteiger partial charge in [0.1, 0.15) is 5.75 Å². The van der Waals surface area contributed by atoms with Gasteiger partial charge in [0.05, 0.1) is 19.3 Å². The van der Waals surface area contributed by atoms with Crippen molar-refractivity contribution in [1.82, 2.24) is 14.7 Å². The summed E-state index contributed by atoms with van der Waals surface area (Å²) in [7, 11) is 3.36. The molecule has 20 heavy (non-hydrogen) atoms. The monoisotopic (exact) mass is 273 g/mol. The number of methoxy groups -OCH3 is 1. The van der Waals surface area contributed by atoms with Crippen molar-refractivity contribution in [1.29, 1.82) is 0 Å². The minimum atomic E-state index is -0.0463. The van der Waals surface area contributed by atoms with E-state index in [0.29, 0.717) is 17.9 Å². The average molecular weight is 273 g/mol. The Bertz CT molecular complexity index is 592. The second-order valence-electron chi connectivity index (χ2n) is 4.56. The fourth-order valence-electron chi connectivity index (χ4n) is 1.96. The molecule has 1 amide bonds. The number of hydrogen-bond acceptors (Lipinski definition) is 3. The molecular weight excluding hydrogens is 254 g/mol. The smallest absolute Gasteiger partial charge is 0.254 e. The van der Waals surface area contributed by atoms with E-state index in [2.05, 4.69) is 5.10 Å². The average Bonchev–Trinajstić information content (AvgIpc) is 2.94. The summed E-state index contributed by atoms with van der Waals surface area (Å²) in [6, 6.07) is 9.08. The van der Waals surface area contributed by atoms with E-state index in [1.807, 2.05) is 36.0 Å². The van der Waals surface area contributed by atoms with Crippen LogP contribution in [0.15, 0.2) is 36.5 Å². The number of nitrogens with zero attached hydrogens (tertiary/aromatic N) is 3. The lowest BCUT2D eigenvalue weighted by molar-refractivity contribution is 0.0783. The Morgan fingerprint density at radius 2 is 2.20 bits per heavy atom. The van der Waals surface area contributed by atoms with E-state index < -0.39 is 0 Å². The summed E-state index contributed by atoms with van der Waals surface area (Å²) < 4.78 is 6.98. The Labute approximate surface area is 118 Å². The molecule has 0 aliphatic carbocycles. The van der Waals surface area contributed by atoms with Crippen molar-refractivity contribution < 1.29 is 9.53 Å². The Morgan fingerprint density at radius 1 is 1.40 bits per heavy atom. The molecule has 0 fully saturated rings. The van der Waals surface area contributed by atoms with Crippen molar-refractivity contribution in [2.45, 2.75) is 20.0 Å². The molecule has 0 saturated heterocycles. The van der Waals surface area contributed by atoms with Crippen molar-refractivity contribution >= 4 is 5.91 Å². The van der Waals surface area contributed by atoms with Gasteiger partial charge in [0.15, 0.2) is 0 Å². The molecule has 1 aromatic carbocycles. The molecule has 0 atom stereocenters. The van der Waals surface area contributed by atoms with Crippen LogP contribution in [0.5, 0.6) is 5.75 Å². The summed E-state index contributed by atoms with van der Waals surface area (Å²) in [5.41, 5.74) is 1.49. The van der Waals surface area contributed by atoms with Crippen LogP contribution in [-0.2, 0) is 13.1 Å². The van der Waals surface area contributed by atoms with E-state index in [9.17, 15) is 4.79 Å². The molecule has 0 spiro atoms. The van der Waals surface area contributed by atoms with Gasteiger partial charge in [-0.3, -0.25) is 9.48 Å². The van der Waals surface area contributed by atoms with E-state index in [1.54, 1.807) is 31.2 Å². The topological polar surface area (TPSA) is 47.4 Å². The summed E-state index contributed by atoms with van der Waals surface area (Å²) in [6.45, 7) is 3.35. The number of carbonyl (C=O) groups excluding carboxylic acids is 1. The van der Waals surface area contributed by atoms with E-state index in [-0.39, 0.29) is 5.91 Å². The maximum Gasteiger partial charge on any atom is 0.254 e. The Morgan fingerprint density at radius 3 is 2.85 bits per heavy atom. The van der Waals surface area contributed by atoms with Gasteiger partial charge in [-0.15, -0.1) is 0 Å². The van der Waals surface area contributed by atoms with Gasteiger partial charge >= 0.3 is 0 Å². The molecule has 0 unspecified atom stereocenters. The standard InChI is InChI=1S/C15H19N3O2/c1-4-18-9-8-13(16-18)11-17(2)15(19)12-6-5-7-14(10-12)20-3/h5-10H,4,11H2,1-3H3. The molecule has 106 valence electrons. The Hall–Kier alpha value is -2.30. The SMILES string of the molecule is CCn1ccc(CN(C)C(=O)c2cccc(OC)c2)n1. The molecule has 0 aliphatic rings. The number of aryl methyl sites for hydroxylation is 1. The van der Waals surface area contributed by atoms with Gasteiger partial charge in [0.2, 0.25) is 0 Å². The first-order valence-corrected chi connectivity index (χ1v) is 6.56. The lowest BCUT2D eigenvalue weighted by Gasteiger charge is -2.16. The zero-order valence-corrected chi connectivity index (χ0v) is 12.0. The summed E-state index contributed by atoms with van der Waals surface area (Å²) in [6.07, 6.45) is 1.92. The molecule has 0 aliphatic heterocycles. The Balaban J connectivity index is 2.07. The first kappa shape index (κ1) is 14.1. The van der Waals surface area contributed by atoms with E-state index in [4.69, 9.17) is 4.74 Å². The highest BCUT2D eigenvalue weighted by molar-refractivity contribution is 5.94. The molecular formula is C15H19N3O2. The molecule has 0 radical (unpaired) electrons. The van der Waals surface area contributed by atoms with Crippen LogP contribution in [0.2, 0.25) is 0 Å². The van der Waals surface area contributed by atoms with Gasteiger partial charge in [0.25, 0.3) is 5.91 Å². The fraction of sp³-hybridized carbons (Fsp3) is 0.333. The van der Waals surface area contributed by atoms with E-state index in [1.165, 1.54) is 0 Å². The van der Waals surface area contributed by atoms with Gasteiger partial charge in [-0.25, -0.2) is 0 Å². The highest BCUT2D eigenvalue weighted by Gasteiger charge is 2.13. The number of aromatic nitrogens is 2. The van der Waals surface area contributed by atoms with Gasteiger partial charge in [0, 0.05) is 25.4 Å². The van der Waals surface area contributed by atoms with Gasteiger partial charge in [-0.05, 0) is 31.2 Å². The molecule has 2 rings (SSSR count). The van der Waals surface area contributed by atoms with Crippen LogP contribution in [0, 0.1) is 0 Å². The number of rotatable bonds is 5. The van der Waals surface area contributed by atoms with Gasteiger partial charge < -0.3 is 9.64 Å².